The van der Waals surface area contributed by atoms with E-state index in [1.165, 1.54) is 18.2 Å². The summed E-state index contributed by atoms with van der Waals surface area (Å²) in [5.74, 6) is -0.110. The highest BCUT2D eigenvalue weighted by molar-refractivity contribution is 9.10. The zero-order valence-corrected chi connectivity index (χ0v) is 10.8. The lowest BCUT2D eigenvalue weighted by Gasteiger charge is -2.09. The number of halogens is 1. The minimum atomic E-state index is -1.02. The van der Waals surface area contributed by atoms with Gasteiger partial charge in [-0.15, -0.1) is 0 Å². The van der Waals surface area contributed by atoms with Gasteiger partial charge in [0.25, 0.3) is 0 Å². The summed E-state index contributed by atoms with van der Waals surface area (Å²) in [5, 5.41) is 8.91. The molecule has 0 atom stereocenters. The van der Waals surface area contributed by atoms with E-state index in [1.807, 2.05) is 12.1 Å². The second kappa shape index (κ2) is 5.10. The molecule has 2 aromatic rings. The molecule has 92 valence electrons. The van der Waals surface area contributed by atoms with Gasteiger partial charge in [0.05, 0.1) is 11.3 Å². The minimum Gasteiger partial charge on any atom is -0.478 e. The van der Waals surface area contributed by atoms with E-state index in [9.17, 15) is 4.79 Å². The number of carbonyl (C=O) groups is 1. The number of aromatic carboxylic acids is 1. The van der Waals surface area contributed by atoms with Crippen LogP contribution < -0.4 is 10.5 Å². The number of nitrogen functional groups attached to an aromatic ring is 1. The summed E-state index contributed by atoms with van der Waals surface area (Å²) in [6, 6.07) is 11.6. The Morgan fingerprint density at radius 2 is 2.00 bits per heavy atom. The summed E-state index contributed by atoms with van der Waals surface area (Å²) in [4.78, 5) is 10.9. The average Bonchev–Trinajstić information content (AvgIpc) is 2.31. The molecule has 0 saturated heterocycles. The number of rotatable bonds is 3. The van der Waals surface area contributed by atoms with E-state index in [1.54, 1.807) is 12.1 Å². The molecule has 3 N–H and O–H groups in total. The summed E-state index contributed by atoms with van der Waals surface area (Å²) in [6.45, 7) is 0. The van der Waals surface area contributed by atoms with Crippen LogP contribution >= 0.6 is 15.9 Å². The number of benzene rings is 2. The van der Waals surface area contributed by atoms with E-state index in [4.69, 9.17) is 15.6 Å². The highest BCUT2D eigenvalue weighted by Gasteiger charge is 2.08. The first-order chi connectivity index (χ1) is 8.56. The third-order valence-corrected chi connectivity index (χ3v) is 2.78. The average molecular weight is 308 g/mol. The maximum atomic E-state index is 10.9. The Labute approximate surface area is 112 Å². The van der Waals surface area contributed by atoms with Gasteiger partial charge in [0, 0.05) is 4.47 Å². The van der Waals surface area contributed by atoms with Crippen molar-refractivity contribution in [1.29, 1.82) is 0 Å². The lowest BCUT2D eigenvalue weighted by atomic mass is 10.2. The molecule has 0 aromatic heterocycles. The van der Waals surface area contributed by atoms with Crippen LogP contribution in [0.4, 0.5) is 5.69 Å². The monoisotopic (exact) mass is 307 g/mol. The van der Waals surface area contributed by atoms with E-state index in [2.05, 4.69) is 15.9 Å². The van der Waals surface area contributed by atoms with Gasteiger partial charge in [-0.1, -0.05) is 22.0 Å². The fourth-order valence-electron chi connectivity index (χ4n) is 1.41. The highest BCUT2D eigenvalue weighted by Crippen LogP contribution is 2.29. The number of carboxylic acids is 1. The Morgan fingerprint density at radius 1 is 1.22 bits per heavy atom. The van der Waals surface area contributed by atoms with Crippen molar-refractivity contribution >= 4 is 27.6 Å². The molecule has 5 heteroatoms. The SMILES string of the molecule is Nc1ccc(C(=O)O)cc1Oc1cccc(Br)c1. The lowest BCUT2D eigenvalue weighted by Crippen LogP contribution is -1.99. The van der Waals surface area contributed by atoms with Crippen molar-refractivity contribution in [2.45, 2.75) is 0 Å². The topological polar surface area (TPSA) is 72.6 Å². The van der Waals surface area contributed by atoms with Crippen LogP contribution in [0, 0.1) is 0 Å². The van der Waals surface area contributed by atoms with Gasteiger partial charge in [-0.3, -0.25) is 0 Å². The number of anilines is 1. The lowest BCUT2D eigenvalue weighted by molar-refractivity contribution is 0.0696. The number of ether oxygens (including phenoxy) is 1. The first-order valence-corrected chi connectivity index (χ1v) is 5.92. The molecule has 0 spiro atoms. The van der Waals surface area contributed by atoms with Crippen molar-refractivity contribution < 1.29 is 14.6 Å². The summed E-state index contributed by atoms with van der Waals surface area (Å²) in [7, 11) is 0. The Kier molecular flexibility index (Phi) is 3.53. The number of nitrogens with two attached hydrogens (primary N) is 1. The Hall–Kier alpha value is -2.01. The summed E-state index contributed by atoms with van der Waals surface area (Å²) in [5.41, 5.74) is 6.27. The van der Waals surface area contributed by atoms with E-state index in [0.29, 0.717) is 17.2 Å². The maximum Gasteiger partial charge on any atom is 0.335 e. The Bertz CT molecular complexity index is 599. The van der Waals surface area contributed by atoms with Gasteiger partial charge in [-0.05, 0) is 36.4 Å². The van der Waals surface area contributed by atoms with Crippen LogP contribution in [0.5, 0.6) is 11.5 Å². The van der Waals surface area contributed by atoms with E-state index in [-0.39, 0.29) is 5.56 Å². The Balaban J connectivity index is 2.33. The second-order valence-corrected chi connectivity index (χ2v) is 4.53. The predicted molar refractivity (Wildman–Crippen MR) is 72.0 cm³/mol. The number of hydrogen-bond acceptors (Lipinski definition) is 3. The van der Waals surface area contributed by atoms with Gasteiger partial charge < -0.3 is 15.6 Å². The van der Waals surface area contributed by atoms with Crippen LogP contribution in [0.1, 0.15) is 10.4 Å². The molecule has 0 radical (unpaired) electrons. The Morgan fingerprint density at radius 3 is 2.67 bits per heavy atom. The van der Waals surface area contributed by atoms with Crippen LogP contribution in [-0.2, 0) is 0 Å². The van der Waals surface area contributed by atoms with Gasteiger partial charge in [0.1, 0.15) is 5.75 Å². The standard InChI is InChI=1S/C13H10BrNO3/c14-9-2-1-3-10(7-9)18-12-6-8(13(16)17)4-5-11(12)15/h1-7H,15H2,(H,16,17). The molecule has 2 aromatic carbocycles. The molecule has 0 aliphatic heterocycles. The third kappa shape index (κ3) is 2.81. The van der Waals surface area contributed by atoms with Crippen molar-refractivity contribution in [2.24, 2.45) is 0 Å². The first-order valence-electron chi connectivity index (χ1n) is 5.12. The van der Waals surface area contributed by atoms with E-state index in [0.717, 1.165) is 4.47 Å². The summed E-state index contributed by atoms with van der Waals surface area (Å²) < 4.78 is 6.43. The molecular weight excluding hydrogens is 298 g/mol. The van der Waals surface area contributed by atoms with Crippen LogP contribution in [0.3, 0.4) is 0 Å². The molecule has 0 unspecified atom stereocenters. The molecule has 0 saturated carbocycles. The second-order valence-electron chi connectivity index (χ2n) is 3.62. The summed E-state index contributed by atoms with van der Waals surface area (Å²) >= 11 is 3.33. The van der Waals surface area contributed by atoms with Gasteiger partial charge in [0.2, 0.25) is 0 Å². The van der Waals surface area contributed by atoms with Crippen LogP contribution in [-0.4, -0.2) is 11.1 Å². The third-order valence-electron chi connectivity index (χ3n) is 2.28. The molecule has 0 heterocycles. The highest BCUT2D eigenvalue weighted by atomic mass is 79.9. The van der Waals surface area contributed by atoms with Crippen LogP contribution in [0.15, 0.2) is 46.9 Å². The smallest absolute Gasteiger partial charge is 0.335 e. The van der Waals surface area contributed by atoms with Crippen molar-refractivity contribution in [3.05, 3.63) is 52.5 Å². The van der Waals surface area contributed by atoms with Crippen molar-refractivity contribution in [2.75, 3.05) is 5.73 Å². The molecule has 0 aliphatic carbocycles. The fourth-order valence-corrected chi connectivity index (χ4v) is 1.79. The van der Waals surface area contributed by atoms with Gasteiger partial charge in [-0.2, -0.15) is 0 Å². The van der Waals surface area contributed by atoms with Crippen molar-refractivity contribution in [3.63, 3.8) is 0 Å². The van der Waals surface area contributed by atoms with Crippen molar-refractivity contribution in [1.82, 2.24) is 0 Å². The molecule has 2 rings (SSSR count). The first kappa shape index (κ1) is 12.4. The molecule has 18 heavy (non-hydrogen) atoms. The van der Waals surface area contributed by atoms with Gasteiger partial charge in [0.15, 0.2) is 5.75 Å². The van der Waals surface area contributed by atoms with Gasteiger partial charge >= 0.3 is 5.97 Å². The van der Waals surface area contributed by atoms with Crippen LogP contribution in [0.25, 0.3) is 0 Å². The fraction of sp³-hybridized carbons (Fsp3) is 0. The summed E-state index contributed by atoms with van der Waals surface area (Å²) in [6.07, 6.45) is 0. The van der Waals surface area contributed by atoms with Crippen LogP contribution in [0.2, 0.25) is 0 Å². The van der Waals surface area contributed by atoms with Crippen molar-refractivity contribution in [3.8, 4) is 11.5 Å². The molecule has 0 aliphatic rings. The number of hydrogen-bond donors (Lipinski definition) is 2. The predicted octanol–water partition coefficient (Wildman–Crippen LogP) is 3.52. The zero-order valence-electron chi connectivity index (χ0n) is 9.26. The molecule has 0 bridgehead atoms. The molecular formula is C13H10BrNO3. The van der Waals surface area contributed by atoms with Gasteiger partial charge in [-0.25, -0.2) is 4.79 Å². The van der Waals surface area contributed by atoms with E-state index >= 15 is 0 Å². The molecule has 4 nitrogen and oxygen atoms in total. The minimum absolute atomic E-state index is 0.134. The zero-order chi connectivity index (χ0) is 13.1. The normalized spacial score (nSPS) is 10.1. The maximum absolute atomic E-state index is 10.9. The largest absolute Gasteiger partial charge is 0.478 e. The molecule has 0 amide bonds. The van der Waals surface area contributed by atoms with E-state index < -0.39 is 5.97 Å². The molecule has 0 fully saturated rings. The number of carboxylic acid groups (broad SMARTS) is 1. The quantitative estimate of drug-likeness (QED) is 0.851.